The van der Waals surface area contributed by atoms with Crippen LogP contribution in [0.4, 0.5) is 0 Å². The van der Waals surface area contributed by atoms with E-state index in [1.54, 1.807) is 0 Å². The summed E-state index contributed by atoms with van der Waals surface area (Å²) in [5, 5.41) is 10.6. The molecule has 0 atom stereocenters. The Morgan fingerprint density at radius 3 is 2.00 bits per heavy atom. The van der Waals surface area contributed by atoms with Crippen molar-refractivity contribution in [1.29, 1.82) is 0 Å². The van der Waals surface area contributed by atoms with Gasteiger partial charge in [0, 0.05) is 19.7 Å². The summed E-state index contributed by atoms with van der Waals surface area (Å²) >= 11 is 7.01. The molecule has 0 spiro atoms. The highest BCUT2D eigenvalue weighted by Crippen LogP contribution is 2.35. The van der Waals surface area contributed by atoms with E-state index in [9.17, 15) is 4.79 Å². The number of benzene rings is 3. The van der Waals surface area contributed by atoms with Gasteiger partial charge in [-0.2, -0.15) is 10.1 Å². The third-order valence-electron chi connectivity index (χ3n) is 3.46. The average molecular weight is 405 g/mol. The molecule has 0 unspecified atom stereocenters. The minimum absolute atomic E-state index is 0.441. The van der Waals surface area contributed by atoms with Gasteiger partial charge < -0.3 is 0 Å². The highest BCUT2D eigenvalue weighted by molar-refractivity contribution is 9.10. The number of nitrogens with one attached hydrogen (secondary N) is 1. The maximum Gasteiger partial charge on any atom is 0.361 e. The van der Waals surface area contributed by atoms with Gasteiger partial charge >= 0.3 is 5.69 Å². The van der Waals surface area contributed by atoms with Gasteiger partial charge in [0.05, 0.1) is 0 Å². The van der Waals surface area contributed by atoms with Crippen LogP contribution >= 0.6 is 31.9 Å². The van der Waals surface area contributed by atoms with Crippen LogP contribution in [-0.2, 0) is 0 Å². The van der Waals surface area contributed by atoms with Gasteiger partial charge in [-0.1, -0.05) is 44.0 Å². The van der Waals surface area contributed by atoms with Crippen molar-refractivity contribution in [3.63, 3.8) is 0 Å². The predicted octanol–water partition coefficient (Wildman–Crippen LogP) is 4.15. The zero-order valence-corrected chi connectivity index (χ0v) is 13.7. The van der Waals surface area contributed by atoms with E-state index in [1.807, 2.05) is 30.3 Å². The number of halogens is 2. The first-order valence-corrected chi connectivity index (χ1v) is 7.79. The smallest absolute Gasteiger partial charge is 0.244 e. The van der Waals surface area contributed by atoms with Crippen molar-refractivity contribution in [3.8, 4) is 0 Å². The molecule has 0 saturated carbocycles. The molecule has 0 aliphatic rings. The molecule has 4 rings (SSSR count). The molecule has 0 radical (unpaired) electrons. The predicted molar refractivity (Wildman–Crippen MR) is 90.6 cm³/mol. The molecule has 0 bridgehead atoms. The van der Waals surface area contributed by atoms with Gasteiger partial charge in [-0.3, -0.25) is 0 Å². The van der Waals surface area contributed by atoms with Crippen molar-refractivity contribution in [2.24, 2.45) is 0 Å². The molecule has 0 saturated heterocycles. The summed E-state index contributed by atoms with van der Waals surface area (Å²) in [5.74, 6) is 0. The van der Waals surface area contributed by atoms with Crippen LogP contribution in [0.2, 0.25) is 0 Å². The largest absolute Gasteiger partial charge is 0.361 e. The van der Waals surface area contributed by atoms with Crippen LogP contribution in [0, 0.1) is 0 Å². The molecule has 0 aliphatic heterocycles. The van der Waals surface area contributed by atoms with Crippen molar-refractivity contribution in [2.75, 3.05) is 0 Å². The summed E-state index contributed by atoms with van der Waals surface area (Å²) < 4.78 is 1.97. The normalized spacial score (nSPS) is 11.5. The number of H-pyrrole nitrogens is 1. The van der Waals surface area contributed by atoms with Crippen LogP contribution in [0.15, 0.2) is 50.1 Å². The summed E-state index contributed by atoms with van der Waals surface area (Å²) in [4.78, 5) is 15.6. The molecule has 21 heavy (non-hydrogen) atoms. The van der Waals surface area contributed by atoms with Crippen molar-refractivity contribution in [1.82, 2.24) is 15.2 Å². The first-order valence-electron chi connectivity index (χ1n) is 6.20. The van der Waals surface area contributed by atoms with E-state index < -0.39 is 5.69 Å². The lowest BCUT2D eigenvalue weighted by molar-refractivity contribution is 0.966. The molecular weight excluding hydrogens is 398 g/mol. The quantitative estimate of drug-likeness (QED) is 0.448. The highest BCUT2D eigenvalue weighted by Gasteiger charge is 2.12. The van der Waals surface area contributed by atoms with Crippen LogP contribution in [0.1, 0.15) is 0 Å². The zero-order chi connectivity index (χ0) is 14.6. The average Bonchev–Trinajstić information content (AvgIpc) is 2.47. The summed E-state index contributed by atoms with van der Waals surface area (Å²) in [7, 11) is 0. The fraction of sp³-hybridized carbons (Fsp3) is 0. The maximum atomic E-state index is 11.5. The van der Waals surface area contributed by atoms with Gasteiger partial charge in [0.2, 0.25) is 0 Å². The molecular formula is C15H7Br2N3O. The van der Waals surface area contributed by atoms with E-state index in [-0.39, 0.29) is 0 Å². The van der Waals surface area contributed by atoms with Crippen LogP contribution in [0.5, 0.6) is 0 Å². The molecule has 0 amide bonds. The van der Waals surface area contributed by atoms with Crippen molar-refractivity contribution >= 4 is 64.4 Å². The Kier molecular flexibility index (Phi) is 2.83. The van der Waals surface area contributed by atoms with Gasteiger partial charge in [0.25, 0.3) is 0 Å². The lowest BCUT2D eigenvalue weighted by Gasteiger charge is -2.09. The lowest BCUT2D eigenvalue weighted by atomic mass is 10.00. The summed E-state index contributed by atoms with van der Waals surface area (Å²) in [6.07, 6.45) is 0. The maximum absolute atomic E-state index is 11.5. The monoisotopic (exact) mass is 403 g/mol. The fourth-order valence-electron chi connectivity index (χ4n) is 2.60. The molecule has 3 aromatic carbocycles. The van der Waals surface area contributed by atoms with E-state index in [0.29, 0.717) is 11.0 Å². The third-order valence-corrected chi connectivity index (χ3v) is 4.45. The van der Waals surface area contributed by atoms with Gasteiger partial charge in [-0.15, -0.1) is 0 Å². The molecule has 0 aliphatic carbocycles. The number of aromatic amines is 1. The number of hydrogen-bond donors (Lipinski definition) is 1. The van der Waals surface area contributed by atoms with Gasteiger partial charge in [-0.25, -0.2) is 9.89 Å². The topological polar surface area (TPSA) is 58.6 Å². The van der Waals surface area contributed by atoms with Crippen molar-refractivity contribution in [2.45, 2.75) is 0 Å². The van der Waals surface area contributed by atoms with Crippen LogP contribution in [0.25, 0.3) is 32.6 Å². The lowest BCUT2D eigenvalue weighted by Crippen LogP contribution is -2.12. The Balaban J connectivity index is 2.42. The van der Waals surface area contributed by atoms with Gasteiger partial charge in [0.1, 0.15) is 11.0 Å². The number of aromatic nitrogens is 3. The molecule has 0 fully saturated rings. The van der Waals surface area contributed by atoms with Gasteiger partial charge in [0.15, 0.2) is 0 Å². The number of rotatable bonds is 0. The van der Waals surface area contributed by atoms with E-state index in [4.69, 9.17) is 0 Å². The minimum Gasteiger partial charge on any atom is -0.244 e. The SMILES string of the molecule is O=c1nc2c3ccc(Br)cc3c3cc(Br)ccc3c2n[nH]1. The Morgan fingerprint density at radius 2 is 1.38 bits per heavy atom. The van der Waals surface area contributed by atoms with Crippen LogP contribution < -0.4 is 5.69 Å². The Labute approximate surface area is 135 Å². The summed E-state index contributed by atoms with van der Waals surface area (Å²) in [6.45, 7) is 0. The molecule has 1 N–H and O–H groups in total. The molecule has 4 nitrogen and oxygen atoms in total. The second-order valence-corrected chi connectivity index (χ2v) is 6.55. The van der Waals surface area contributed by atoms with Gasteiger partial charge in [-0.05, 0) is 35.0 Å². The highest BCUT2D eigenvalue weighted by atomic mass is 79.9. The second kappa shape index (κ2) is 4.61. The van der Waals surface area contributed by atoms with Crippen LogP contribution in [0.3, 0.4) is 0 Å². The molecule has 4 aromatic rings. The molecule has 1 heterocycles. The van der Waals surface area contributed by atoms with E-state index in [0.717, 1.165) is 30.5 Å². The fourth-order valence-corrected chi connectivity index (χ4v) is 3.33. The Morgan fingerprint density at radius 1 is 0.810 bits per heavy atom. The standard InChI is InChI=1S/C15H7Br2N3O/c16-7-1-3-9-11(5-7)12-6-8(17)2-4-10(12)14-13(9)18-15(21)20-19-14/h1-6H,(H,18,20,21). The first-order chi connectivity index (χ1) is 10.1. The summed E-state index contributed by atoms with van der Waals surface area (Å²) in [6, 6.07) is 11.9. The molecule has 102 valence electrons. The molecule has 6 heteroatoms. The zero-order valence-electron chi connectivity index (χ0n) is 10.5. The number of fused-ring (bicyclic) bond motifs is 6. The number of hydrogen-bond acceptors (Lipinski definition) is 3. The second-order valence-electron chi connectivity index (χ2n) is 4.72. The number of nitrogens with zero attached hydrogens (tertiary/aromatic N) is 2. The van der Waals surface area contributed by atoms with E-state index in [1.165, 1.54) is 0 Å². The first kappa shape index (κ1) is 12.9. The third kappa shape index (κ3) is 1.98. The van der Waals surface area contributed by atoms with Crippen molar-refractivity contribution < 1.29 is 0 Å². The van der Waals surface area contributed by atoms with E-state index >= 15 is 0 Å². The Bertz CT molecular complexity index is 1090. The summed E-state index contributed by atoms with van der Waals surface area (Å²) in [5.41, 5.74) is 0.881. The van der Waals surface area contributed by atoms with E-state index in [2.05, 4.69) is 53.1 Å². The van der Waals surface area contributed by atoms with Crippen molar-refractivity contribution in [3.05, 3.63) is 55.8 Å². The minimum atomic E-state index is -0.441. The molecule has 1 aromatic heterocycles. The van der Waals surface area contributed by atoms with Crippen LogP contribution in [-0.4, -0.2) is 15.2 Å². The Hall–Kier alpha value is -1.79.